The lowest BCUT2D eigenvalue weighted by molar-refractivity contribution is 0.202. The van der Waals surface area contributed by atoms with E-state index >= 15 is 0 Å². The third-order valence-corrected chi connectivity index (χ3v) is 3.59. The van der Waals surface area contributed by atoms with Crippen molar-refractivity contribution in [1.29, 1.82) is 0 Å². The highest BCUT2D eigenvalue weighted by molar-refractivity contribution is 5.78. The molecule has 0 fully saturated rings. The predicted octanol–water partition coefficient (Wildman–Crippen LogP) is 4.07. The van der Waals surface area contributed by atoms with Crippen LogP contribution in [0.15, 0.2) is 28.7 Å². The van der Waals surface area contributed by atoms with E-state index in [9.17, 15) is 0 Å². The number of furan rings is 1. The molecule has 0 spiro atoms. The van der Waals surface area contributed by atoms with Gasteiger partial charge in [-0.2, -0.15) is 0 Å². The van der Waals surface area contributed by atoms with Gasteiger partial charge < -0.3 is 14.5 Å². The second-order valence-electron chi connectivity index (χ2n) is 5.18. The molecular weight excluding hydrogens is 250 g/mol. The highest BCUT2D eigenvalue weighted by Crippen LogP contribution is 2.26. The van der Waals surface area contributed by atoms with Crippen molar-refractivity contribution in [2.45, 2.75) is 39.2 Å². The maximum absolute atomic E-state index is 5.98. The Hall–Kier alpha value is -1.32. The van der Waals surface area contributed by atoms with Crippen molar-refractivity contribution in [2.24, 2.45) is 0 Å². The van der Waals surface area contributed by atoms with Gasteiger partial charge in [0.15, 0.2) is 0 Å². The fraction of sp³-hybridized carbons (Fsp3) is 0.529. The molecule has 0 aliphatic rings. The normalized spacial score (nSPS) is 12.9. The number of methoxy groups -OCH3 is 1. The molecule has 1 aromatic heterocycles. The number of nitrogens with one attached hydrogen (secondary N) is 1. The van der Waals surface area contributed by atoms with Gasteiger partial charge in [-0.3, -0.25) is 0 Å². The molecule has 0 amide bonds. The summed E-state index contributed by atoms with van der Waals surface area (Å²) in [4.78, 5) is 0. The van der Waals surface area contributed by atoms with Crippen LogP contribution < -0.4 is 5.32 Å². The fourth-order valence-electron chi connectivity index (χ4n) is 2.43. The molecule has 1 aromatic carbocycles. The zero-order valence-corrected chi connectivity index (χ0v) is 12.7. The van der Waals surface area contributed by atoms with Crippen LogP contribution in [0.2, 0.25) is 0 Å². The first kappa shape index (κ1) is 15.1. The maximum Gasteiger partial charge on any atom is 0.134 e. The first-order chi connectivity index (χ1) is 9.78. The zero-order chi connectivity index (χ0) is 14.4. The summed E-state index contributed by atoms with van der Waals surface area (Å²) in [7, 11) is 1.74. The monoisotopic (exact) mass is 275 g/mol. The third kappa shape index (κ3) is 3.62. The van der Waals surface area contributed by atoms with Crippen LogP contribution in [0.25, 0.3) is 11.0 Å². The van der Waals surface area contributed by atoms with E-state index in [1.54, 1.807) is 7.11 Å². The Morgan fingerprint density at radius 2 is 2.10 bits per heavy atom. The Bertz CT molecular complexity index is 533. The summed E-state index contributed by atoms with van der Waals surface area (Å²) < 4.78 is 11.1. The van der Waals surface area contributed by atoms with Crippen LogP contribution in [0.1, 0.15) is 44.1 Å². The van der Waals surface area contributed by atoms with Gasteiger partial charge in [-0.15, -0.1) is 0 Å². The maximum atomic E-state index is 5.98. The molecule has 2 aromatic rings. The lowest BCUT2D eigenvalue weighted by Crippen LogP contribution is -2.20. The largest absolute Gasteiger partial charge is 0.459 e. The summed E-state index contributed by atoms with van der Waals surface area (Å²) >= 11 is 0. The van der Waals surface area contributed by atoms with Gasteiger partial charge in [-0.1, -0.05) is 19.9 Å². The van der Waals surface area contributed by atoms with Crippen molar-refractivity contribution >= 4 is 11.0 Å². The van der Waals surface area contributed by atoms with Gasteiger partial charge >= 0.3 is 0 Å². The molecule has 0 saturated heterocycles. The van der Waals surface area contributed by atoms with Crippen LogP contribution in [0.4, 0.5) is 0 Å². The minimum Gasteiger partial charge on any atom is -0.459 e. The summed E-state index contributed by atoms with van der Waals surface area (Å²) in [5.74, 6) is 1.04. The van der Waals surface area contributed by atoms with E-state index in [1.807, 2.05) is 0 Å². The molecule has 1 heterocycles. The first-order valence-corrected chi connectivity index (χ1v) is 7.53. The van der Waals surface area contributed by atoms with Crippen molar-refractivity contribution < 1.29 is 9.15 Å². The molecule has 1 atom stereocenters. The lowest BCUT2D eigenvalue weighted by atomic mass is 10.1. The number of fused-ring (bicyclic) bond motifs is 1. The quantitative estimate of drug-likeness (QED) is 0.788. The van der Waals surface area contributed by atoms with Crippen LogP contribution in [-0.4, -0.2) is 20.3 Å². The van der Waals surface area contributed by atoms with Gasteiger partial charge in [0.1, 0.15) is 11.3 Å². The smallest absolute Gasteiger partial charge is 0.134 e. The molecule has 3 heteroatoms. The molecule has 0 radical (unpaired) electrons. The van der Waals surface area contributed by atoms with Gasteiger partial charge in [0.05, 0.1) is 12.6 Å². The molecule has 0 aliphatic heterocycles. The van der Waals surface area contributed by atoms with Gasteiger partial charge in [0, 0.05) is 12.5 Å². The Morgan fingerprint density at radius 3 is 2.80 bits per heavy atom. The summed E-state index contributed by atoms with van der Waals surface area (Å²) in [6.45, 7) is 6.14. The van der Waals surface area contributed by atoms with E-state index in [1.165, 1.54) is 10.9 Å². The molecule has 3 nitrogen and oxygen atoms in total. The molecule has 0 aliphatic carbocycles. The molecule has 0 bridgehead atoms. The van der Waals surface area contributed by atoms with E-state index in [0.717, 1.165) is 43.8 Å². The second-order valence-corrected chi connectivity index (χ2v) is 5.18. The van der Waals surface area contributed by atoms with Crippen molar-refractivity contribution in [3.63, 3.8) is 0 Å². The number of hydrogen-bond donors (Lipinski definition) is 1. The topological polar surface area (TPSA) is 34.4 Å². The molecular formula is C17H25NO2. The average Bonchev–Trinajstić information content (AvgIpc) is 2.88. The van der Waals surface area contributed by atoms with E-state index in [-0.39, 0.29) is 0 Å². The van der Waals surface area contributed by atoms with Gasteiger partial charge in [-0.25, -0.2) is 0 Å². The Morgan fingerprint density at radius 1 is 1.25 bits per heavy atom. The molecule has 1 N–H and O–H groups in total. The molecule has 0 saturated carbocycles. The van der Waals surface area contributed by atoms with Crippen molar-refractivity contribution in [3.05, 3.63) is 35.6 Å². The van der Waals surface area contributed by atoms with Crippen LogP contribution in [0.5, 0.6) is 0 Å². The minimum absolute atomic E-state index is 0.310. The van der Waals surface area contributed by atoms with Crippen LogP contribution in [0.3, 0.4) is 0 Å². The van der Waals surface area contributed by atoms with Crippen molar-refractivity contribution in [1.82, 2.24) is 5.32 Å². The molecule has 2 rings (SSSR count). The second kappa shape index (κ2) is 7.46. The van der Waals surface area contributed by atoms with Gasteiger partial charge in [0.2, 0.25) is 0 Å². The van der Waals surface area contributed by atoms with E-state index < -0.39 is 0 Å². The van der Waals surface area contributed by atoms with Crippen LogP contribution in [0, 0.1) is 0 Å². The Kier molecular flexibility index (Phi) is 5.62. The number of hydrogen-bond acceptors (Lipinski definition) is 3. The standard InChI is InChI=1S/C17H25NO2/c1-4-9-18-15(5-2)17-12-14-11-13(8-10-19-3)6-7-16(14)20-17/h6-7,11-12,15,18H,4-5,8-10H2,1-3H3. The number of benzene rings is 1. The van der Waals surface area contributed by atoms with Crippen LogP contribution >= 0.6 is 0 Å². The first-order valence-electron chi connectivity index (χ1n) is 7.53. The molecule has 110 valence electrons. The minimum atomic E-state index is 0.310. The highest BCUT2D eigenvalue weighted by Gasteiger charge is 2.13. The predicted molar refractivity (Wildman–Crippen MR) is 83.1 cm³/mol. The van der Waals surface area contributed by atoms with E-state index in [4.69, 9.17) is 9.15 Å². The summed E-state index contributed by atoms with van der Waals surface area (Å²) in [6, 6.07) is 8.87. The SMILES string of the molecule is CCCNC(CC)c1cc2cc(CCOC)ccc2o1. The lowest BCUT2D eigenvalue weighted by Gasteiger charge is -2.13. The average molecular weight is 275 g/mol. The molecule has 20 heavy (non-hydrogen) atoms. The Labute approximate surface area is 121 Å². The third-order valence-electron chi connectivity index (χ3n) is 3.59. The van der Waals surface area contributed by atoms with E-state index in [0.29, 0.717) is 6.04 Å². The number of ether oxygens (including phenoxy) is 1. The number of rotatable bonds is 8. The van der Waals surface area contributed by atoms with Crippen molar-refractivity contribution in [2.75, 3.05) is 20.3 Å². The van der Waals surface area contributed by atoms with E-state index in [2.05, 4.69) is 43.4 Å². The zero-order valence-electron chi connectivity index (χ0n) is 12.7. The summed E-state index contributed by atoms with van der Waals surface area (Å²) in [5, 5.41) is 4.72. The van der Waals surface area contributed by atoms with Gasteiger partial charge in [-0.05, 0) is 49.6 Å². The van der Waals surface area contributed by atoms with Gasteiger partial charge in [0.25, 0.3) is 0 Å². The Balaban J connectivity index is 2.18. The fourth-order valence-corrected chi connectivity index (χ4v) is 2.43. The van der Waals surface area contributed by atoms with Crippen molar-refractivity contribution in [3.8, 4) is 0 Å². The highest BCUT2D eigenvalue weighted by atomic mass is 16.5. The summed E-state index contributed by atoms with van der Waals surface area (Å²) in [6.07, 6.45) is 3.12. The molecule has 1 unspecified atom stereocenters. The van der Waals surface area contributed by atoms with Crippen LogP contribution in [-0.2, 0) is 11.2 Å². The summed E-state index contributed by atoms with van der Waals surface area (Å²) in [5.41, 5.74) is 2.26.